The molecule has 29 heavy (non-hydrogen) atoms. The van der Waals surface area contributed by atoms with Crippen LogP contribution in [0.4, 0.5) is 11.4 Å². The number of nitrogens with zero attached hydrogens (tertiary/aromatic N) is 3. The second-order valence-electron chi connectivity index (χ2n) is 7.91. The molecule has 0 spiro atoms. The molecular weight excluding hydrogens is 360 g/mol. The molecule has 1 aliphatic heterocycles. The van der Waals surface area contributed by atoms with Gasteiger partial charge in [-0.3, -0.25) is 9.69 Å². The summed E-state index contributed by atoms with van der Waals surface area (Å²) >= 11 is 0. The highest BCUT2D eigenvalue weighted by Crippen LogP contribution is 2.25. The lowest BCUT2D eigenvalue weighted by molar-refractivity contribution is -0.121. The molecule has 1 unspecified atom stereocenters. The van der Waals surface area contributed by atoms with E-state index < -0.39 is 0 Å². The number of nitrogens with one attached hydrogen (secondary N) is 1. The number of benzene rings is 2. The number of rotatable bonds is 8. The number of anilines is 2. The minimum Gasteiger partial charge on any atom is -0.378 e. The first-order chi connectivity index (χ1) is 14.1. The van der Waals surface area contributed by atoms with Gasteiger partial charge in [0.05, 0.1) is 6.04 Å². The van der Waals surface area contributed by atoms with E-state index in [4.69, 9.17) is 0 Å². The summed E-state index contributed by atoms with van der Waals surface area (Å²) < 4.78 is 0. The van der Waals surface area contributed by atoms with Crippen LogP contribution >= 0.6 is 0 Å². The maximum absolute atomic E-state index is 12.1. The second kappa shape index (κ2) is 10.3. The summed E-state index contributed by atoms with van der Waals surface area (Å²) in [5, 5.41) is 3.16. The van der Waals surface area contributed by atoms with E-state index >= 15 is 0 Å². The first-order valence-corrected chi connectivity index (χ1v) is 10.7. The molecule has 0 radical (unpaired) electrons. The van der Waals surface area contributed by atoms with E-state index in [-0.39, 0.29) is 11.9 Å². The largest absolute Gasteiger partial charge is 0.378 e. The van der Waals surface area contributed by atoms with Crippen molar-refractivity contribution >= 4 is 17.3 Å². The van der Waals surface area contributed by atoms with E-state index in [1.165, 1.54) is 16.9 Å². The lowest BCUT2D eigenvalue weighted by Gasteiger charge is -2.40. The molecule has 0 aliphatic carbocycles. The minimum absolute atomic E-state index is 0.144. The molecule has 156 valence electrons. The highest BCUT2D eigenvalue weighted by molar-refractivity contribution is 5.75. The molecule has 0 bridgehead atoms. The maximum Gasteiger partial charge on any atom is 0.220 e. The summed E-state index contributed by atoms with van der Waals surface area (Å²) in [5.74, 6) is 0.144. The Morgan fingerprint density at radius 2 is 1.66 bits per heavy atom. The van der Waals surface area contributed by atoms with Gasteiger partial charge in [0.2, 0.25) is 5.91 Å². The predicted octanol–water partition coefficient (Wildman–Crippen LogP) is 3.53. The van der Waals surface area contributed by atoms with Crippen LogP contribution in [0.3, 0.4) is 0 Å². The van der Waals surface area contributed by atoms with Crippen molar-refractivity contribution < 1.29 is 4.79 Å². The van der Waals surface area contributed by atoms with E-state index in [0.717, 1.165) is 32.6 Å². The van der Waals surface area contributed by atoms with E-state index in [9.17, 15) is 4.79 Å². The molecule has 0 saturated carbocycles. The van der Waals surface area contributed by atoms with Crippen LogP contribution in [0.15, 0.2) is 54.6 Å². The van der Waals surface area contributed by atoms with Crippen molar-refractivity contribution in [2.45, 2.75) is 25.8 Å². The first-order valence-electron chi connectivity index (χ1n) is 10.7. The van der Waals surface area contributed by atoms with Crippen LogP contribution in [-0.4, -0.2) is 57.6 Å². The van der Waals surface area contributed by atoms with Gasteiger partial charge in [0.25, 0.3) is 0 Å². The van der Waals surface area contributed by atoms with Gasteiger partial charge in [0, 0.05) is 64.6 Å². The van der Waals surface area contributed by atoms with Crippen LogP contribution in [0.25, 0.3) is 0 Å². The third-order valence-corrected chi connectivity index (χ3v) is 5.64. The summed E-state index contributed by atoms with van der Waals surface area (Å²) in [5.41, 5.74) is 3.74. The lowest BCUT2D eigenvalue weighted by atomic mass is 10.0. The molecule has 5 heteroatoms. The van der Waals surface area contributed by atoms with Gasteiger partial charge in [-0.25, -0.2) is 0 Å². The Hall–Kier alpha value is -2.53. The summed E-state index contributed by atoms with van der Waals surface area (Å²) in [6, 6.07) is 19.5. The zero-order chi connectivity index (χ0) is 20.6. The third-order valence-electron chi connectivity index (χ3n) is 5.64. The summed E-state index contributed by atoms with van der Waals surface area (Å²) in [6.45, 7) is 6.67. The Morgan fingerprint density at radius 1 is 1.00 bits per heavy atom. The van der Waals surface area contributed by atoms with E-state index in [1.54, 1.807) is 0 Å². The van der Waals surface area contributed by atoms with E-state index in [1.807, 2.05) is 6.92 Å². The fourth-order valence-corrected chi connectivity index (χ4v) is 3.91. The van der Waals surface area contributed by atoms with Gasteiger partial charge in [0.1, 0.15) is 0 Å². The number of hydrogen-bond acceptors (Lipinski definition) is 4. The molecule has 0 aromatic heterocycles. The van der Waals surface area contributed by atoms with Gasteiger partial charge >= 0.3 is 0 Å². The minimum atomic E-state index is 0.144. The third kappa shape index (κ3) is 5.73. The van der Waals surface area contributed by atoms with E-state index in [0.29, 0.717) is 13.0 Å². The van der Waals surface area contributed by atoms with Crippen LogP contribution in [-0.2, 0) is 4.79 Å². The Bertz CT molecular complexity index is 752. The van der Waals surface area contributed by atoms with E-state index in [2.05, 4.69) is 88.7 Å². The predicted molar refractivity (Wildman–Crippen MR) is 122 cm³/mol. The molecule has 1 saturated heterocycles. The molecule has 1 N–H and O–H groups in total. The number of para-hydroxylation sites is 1. The quantitative estimate of drug-likeness (QED) is 0.743. The van der Waals surface area contributed by atoms with Crippen molar-refractivity contribution in [2.75, 3.05) is 56.6 Å². The molecule has 1 fully saturated rings. The standard InChI is InChI=1S/C24H34N4O/c1-4-8-24(29)25-19-23(20-11-13-21(14-12-20)26(2)3)28-17-15-27(16-18-28)22-9-6-5-7-10-22/h5-7,9-14,23H,4,8,15-19H2,1-3H3,(H,25,29). The first kappa shape index (κ1) is 21.2. The second-order valence-corrected chi connectivity index (χ2v) is 7.91. The van der Waals surface area contributed by atoms with Gasteiger partial charge in [-0.15, -0.1) is 0 Å². The van der Waals surface area contributed by atoms with Crippen molar-refractivity contribution in [2.24, 2.45) is 0 Å². The number of amides is 1. The highest BCUT2D eigenvalue weighted by Gasteiger charge is 2.25. The SMILES string of the molecule is CCCC(=O)NCC(c1ccc(N(C)C)cc1)N1CCN(c2ccccc2)CC1. The van der Waals surface area contributed by atoms with Crippen LogP contribution in [0, 0.1) is 0 Å². The average Bonchev–Trinajstić information content (AvgIpc) is 2.75. The average molecular weight is 395 g/mol. The van der Waals surface area contributed by atoms with Crippen molar-refractivity contribution in [3.63, 3.8) is 0 Å². The Morgan fingerprint density at radius 3 is 2.24 bits per heavy atom. The molecule has 1 amide bonds. The van der Waals surface area contributed by atoms with Crippen molar-refractivity contribution in [3.8, 4) is 0 Å². The number of hydrogen-bond donors (Lipinski definition) is 1. The Balaban J connectivity index is 1.70. The van der Waals surface area contributed by atoms with Gasteiger partial charge in [-0.1, -0.05) is 37.3 Å². The maximum atomic E-state index is 12.1. The zero-order valence-electron chi connectivity index (χ0n) is 18.0. The summed E-state index contributed by atoms with van der Waals surface area (Å²) in [6.07, 6.45) is 1.47. The smallest absolute Gasteiger partial charge is 0.220 e. The summed E-state index contributed by atoms with van der Waals surface area (Å²) in [4.78, 5) is 19.2. The molecule has 2 aromatic carbocycles. The molecule has 2 aromatic rings. The Labute approximate surface area is 175 Å². The molecular formula is C24H34N4O. The van der Waals surface area contributed by atoms with Gasteiger partial charge < -0.3 is 15.1 Å². The number of carbonyl (C=O) groups excluding carboxylic acids is 1. The molecule has 3 rings (SSSR count). The topological polar surface area (TPSA) is 38.8 Å². The van der Waals surface area contributed by atoms with Crippen molar-refractivity contribution in [1.82, 2.24) is 10.2 Å². The van der Waals surface area contributed by atoms with Crippen LogP contribution < -0.4 is 15.1 Å². The van der Waals surface area contributed by atoms with Crippen LogP contribution in [0.5, 0.6) is 0 Å². The monoisotopic (exact) mass is 394 g/mol. The normalized spacial score (nSPS) is 15.8. The molecule has 1 heterocycles. The number of piperazine rings is 1. The fourth-order valence-electron chi connectivity index (χ4n) is 3.91. The fraction of sp³-hybridized carbons (Fsp3) is 0.458. The van der Waals surface area contributed by atoms with Crippen molar-refractivity contribution in [3.05, 3.63) is 60.2 Å². The summed E-state index contributed by atoms with van der Waals surface area (Å²) in [7, 11) is 4.11. The van der Waals surface area contributed by atoms with Crippen LogP contribution in [0.2, 0.25) is 0 Å². The van der Waals surface area contributed by atoms with Gasteiger partial charge in [0.15, 0.2) is 0 Å². The zero-order valence-corrected chi connectivity index (χ0v) is 18.0. The molecule has 5 nitrogen and oxygen atoms in total. The highest BCUT2D eigenvalue weighted by atomic mass is 16.1. The Kier molecular flexibility index (Phi) is 7.53. The van der Waals surface area contributed by atoms with Crippen molar-refractivity contribution in [1.29, 1.82) is 0 Å². The molecule has 1 atom stereocenters. The van der Waals surface area contributed by atoms with Gasteiger partial charge in [-0.05, 0) is 36.2 Å². The van der Waals surface area contributed by atoms with Gasteiger partial charge in [-0.2, -0.15) is 0 Å². The lowest BCUT2D eigenvalue weighted by Crippen LogP contribution is -2.49. The number of carbonyl (C=O) groups is 1. The molecule has 1 aliphatic rings. The van der Waals surface area contributed by atoms with Crippen LogP contribution in [0.1, 0.15) is 31.4 Å².